The van der Waals surface area contributed by atoms with Crippen molar-refractivity contribution in [3.63, 3.8) is 0 Å². The molecule has 0 aliphatic heterocycles. The second-order valence-electron chi connectivity index (χ2n) is 6.30. The lowest BCUT2D eigenvalue weighted by Crippen LogP contribution is -2.13. The van der Waals surface area contributed by atoms with Gasteiger partial charge in [0.2, 0.25) is 11.9 Å². The summed E-state index contributed by atoms with van der Waals surface area (Å²) in [6.07, 6.45) is 0.762. The van der Waals surface area contributed by atoms with E-state index in [2.05, 4.69) is 25.3 Å². The van der Waals surface area contributed by atoms with Crippen LogP contribution in [0.3, 0.4) is 0 Å². The second kappa shape index (κ2) is 7.92. The van der Waals surface area contributed by atoms with E-state index in [0.29, 0.717) is 33.7 Å². The third-order valence-electron chi connectivity index (χ3n) is 4.16. The number of nitrogens with one attached hydrogen (secondary N) is 3. The van der Waals surface area contributed by atoms with E-state index in [9.17, 15) is 19.1 Å². The molecule has 148 valence electrons. The minimum atomic E-state index is -0.676. The van der Waals surface area contributed by atoms with Crippen LogP contribution in [0, 0.1) is 5.82 Å². The average molecular weight is 413 g/mol. The zero-order chi connectivity index (χ0) is 20.4. The van der Waals surface area contributed by atoms with Gasteiger partial charge in [-0.25, -0.2) is 14.4 Å². The van der Waals surface area contributed by atoms with Crippen molar-refractivity contribution in [3.05, 3.63) is 52.6 Å². The normalized spacial score (nSPS) is 11.2. The molecule has 10 heteroatoms. The number of phenolic OH excluding ortho intramolecular Hbond substituents is 1. The highest BCUT2D eigenvalue weighted by Gasteiger charge is 2.12. The number of rotatable bonds is 6. The summed E-state index contributed by atoms with van der Waals surface area (Å²) in [6.45, 7) is 0. The van der Waals surface area contributed by atoms with E-state index in [1.807, 2.05) is 6.07 Å². The van der Waals surface area contributed by atoms with Crippen LogP contribution in [0.5, 0.6) is 5.75 Å². The molecule has 0 saturated carbocycles. The average Bonchev–Trinajstić information content (AvgIpc) is 3.08. The van der Waals surface area contributed by atoms with Gasteiger partial charge >= 0.3 is 0 Å². The lowest BCUT2D eigenvalue weighted by atomic mass is 10.2. The van der Waals surface area contributed by atoms with E-state index in [1.165, 1.54) is 17.8 Å². The fraction of sp³-hybridized carbons (Fsp3) is 0.158. The number of carbonyl (C=O) groups is 1. The van der Waals surface area contributed by atoms with Gasteiger partial charge in [0, 0.05) is 24.3 Å². The fourth-order valence-electron chi connectivity index (χ4n) is 2.85. The zero-order valence-electron chi connectivity index (χ0n) is 15.0. The number of para-hydroxylation sites is 1. The van der Waals surface area contributed by atoms with Crippen molar-refractivity contribution < 1.29 is 14.3 Å². The number of imidazole rings is 1. The second-order valence-corrected chi connectivity index (χ2v) is 7.38. The number of benzene rings is 2. The minimum absolute atomic E-state index is 0.0417. The van der Waals surface area contributed by atoms with Crippen LogP contribution in [-0.2, 0) is 4.79 Å². The maximum Gasteiger partial charge on any atom is 0.259 e. The molecule has 0 aliphatic carbocycles. The van der Waals surface area contributed by atoms with Gasteiger partial charge in [-0.1, -0.05) is 23.9 Å². The summed E-state index contributed by atoms with van der Waals surface area (Å²) in [6, 6.07) is 9.37. The molecular weight excluding hydrogens is 397 g/mol. The molecule has 0 atom stereocenters. The molecule has 0 bridgehead atoms. The van der Waals surface area contributed by atoms with E-state index < -0.39 is 5.82 Å². The Morgan fingerprint density at radius 2 is 2.03 bits per heavy atom. The first-order chi connectivity index (χ1) is 14.0. The van der Waals surface area contributed by atoms with Crippen LogP contribution in [0.25, 0.3) is 21.9 Å². The van der Waals surface area contributed by atoms with Crippen molar-refractivity contribution in [1.82, 2.24) is 19.9 Å². The Balaban J connectivity index is 1.31. The Bertz CT molecular complexity index is 1270. The van der Waals surface area contributed by atoms with Crippen LogP contribution < -0.4 is 10.9 Å². The maximum absolute atomic E-state index is 13.7. The number of halogens is 1. The molecule has 8 nitrogen and oxygen atoms in total. The van der Waals surface area contributed by atoms with Crippen LogP contribution in [-0.4, -0.2) is 36.7 Å². The van der Waals surface area contributed by atoms with Crippen LogP contribution in [0.1, 0.15) is 12.8 Å². The lowest BCUT2D eigenvalue weighted by Gasteiger charge is -2.03. The molecule has 29 heavy (non-hydrogen) atoms. The number of hydrogen-bond acceptors (Lipinski definition) is 6. The predicted molar refractivity (Wildman–Crippen MR) is 109 cm³/mol. The van der Waals surface area contributed by atoms with Gasteiger partial charge in [-0.05, 0) is 18.6 Å². The first-order valence-electron chi connectivity index (χ1n) is 8.79. The topological polar surface area (TPSA) is 124 Å². The number of aromatic nitrogens is 4. The number of nitrogens with zero attached hydrogens (tertiary/aromatic N) is 2. The monoisotopic (exact) mass is 413 g/mol. The molecule has 2 aromatic heterocycles. The van der Waals surface area contributed by atoms with Crippen LogP contribution in [0.15, 0.2) is 46.3 Å². The van der Waals surface area contributed by atoms with Crippen molar-refractivity contribution in [2.24, 2.45) is 0 Å². The molecule has 0 aliphatic rings. The summed E-state index contributed by atoms with van der Waals surface area (Å²) < 4.78 is 13.7. The van der Waals surface area contributed by atoms with Crippen LogP contribution in [0.4, 0.5) is 10.3 Å². The van der Waals surface area contributed by atoms with Crippen molar-refractivity contribution >= 4 is 45.6 Å². The molecule has 0 unspecified atom stereocenters. The molecule has 0 saturated heterocycles. The zero-order valence-corrected chi connectivity index (χ0v) is 15.8. The quantitative estimate of drug-likeness (QED) is 0.219. The van der Waals surface area contributed by atoms with Gasteiger partial charge in [-0.15, -0.1) is 0 Å². The lowest BCUT2D eigenvalue weighted by molar-refractivity contribution is -0.116. The summed E-state index contributed by atoms with van der Waals surface area (Å²) in [7, 11) is 0. The molecule has 4 aromatic rings. The molecule has 2 aromatic carbocycles. The molecule has 4 rings (SSSR count). The van der Waals surface area contributed by atoms with E-state index in [-0.39, 0.29) is 35.1 Å². The van der Waals surface area contributed by atoms with Gasteiger partial charge < -0.3 is 15.1 Å². The summed E-state index contributed by atoms with van der Waals surface area (Å²) in [5.74, 6) is -0.493. The van der Waals surface area contributed by atoms with Crippen molar-refractivity contribution in [2.45, 2.75) is 18.0 Å². The maximum atomic E-state index is 13.7. The minimum Gasteiger partial charge on any atom is -0.508 e. The predicted octanol–water partition coefficient (Wildman–Crippen LogP) is 3.16. The van der Waals surface area contributed by atoms with Crippen molar-refractivity contribution in [3.8, 4) is 5.75 Å². The summed E-state index contributed by atoms with van der Waals surface area (Å²) in [5.41, 5.74) is 0.762. The third kappa shape index (κ3) is 4.21. The molecule has 0 radical (unpaired) electrons. The number of phenols is 1. The van der Waals surface area contributed by atoms with Gasteiger partial charge in [-0.3, -0.25) is 14.9 Å². The van der Waals surface area contributed by atoms with E-state index >= 15 is 0 Å². The molecule has 2 heterocycles. The number of carbonyl (C=O) groups excluding carboxylic acids is 1. The van der Waals surface area contributed by atoms with Gasteiger partial charge in [-0.2, -0.15) is 0 Å². The Hall–Kier alpha value is -3.40. The highest BCUT2D eigenvalue weighted by molar-refractivity contribution is 7.99. The summed E-state index contributed by atoms with van der Waals surface area (Å²) in [5, 5.41) is 13.0. The Morgan fingerprint density at radius 3 is 2.90 bits per heavy atom. The number of H-pyrrole nitrogens is 2. The number of anilines is 1. The van der Waals surface area contributed by atoms with Crippen molar-refractivity contribution in [2.75, 3.05) is 11.1 Å². The van der Waals surface area contributed by atoms with Crippen molar-refractivity contribution in [1.29, 1.82) is 0 Å². The van der Waals surface area contributed by atoms with Gasteiger partial charge in [0.1, 0.15) is 11.3 Å². The number of amides is 1. The first kappa shape index (κ1) is 18.9. The highest BCUT2D eigenvalue weighted by atomic mass is 32.2. The van der Waals surface area contributed by atoms with Gasteiger partial charge in [0.05, 0.1) is 16.4 Å². The Labute approximate surface area is 167 Å². The molecule has 0 spiro atoms. The number of thioether (sulfide) groups is 1. The van der Waals surface area contributed by atoms with Crippen LogP contribution in [0.2, 0.25) is 0 Å². The Morgan fingerprint density at radius 1 is 1.21 bits per heavy atom. The molecular formula is C19H16FN5O3S. The third-order valence-corrected chi connectivity index (χ3v) is 5.12. The first-order valence-corrected chi connectivity index (χ1v) is 9.78. The van der Waals surface area contributed by atoms with Crippen LogP contribution >= 0.6 is 11.8 Å². The number of aromatic hydroxyl groups is 1. The van der Waals surface area contributed by atoms with Gasteiger partial charge in [0.15, 0.2) is 11.0 Å². The summed E-state index contributed by atoms with van der Waals surface area (Å²) in [4.78, 5) is 38.0. The fourth-order valence-corrected chi connectivity index (χ4v) is 3.66. The number of aromatic amines is 2. The summed E-state index contributed by atoms with van der Waals surface area (Å²) >= 11 is 1.36. The Kier molecular flexibility index (Phi) is 5.17. The SMILES string of the molecule is O=C(CCCSc1nc2ccccc2c(=O)[nH]1)Nc1nc2c(F)cc(O)cc2[nH]1. The van der Waals surface area contributed by atoms with E-state index in [0.717, 1.165) is 6.07 Å². The van der Waals surface area contributed by atoms with Gasteiger partial charge in [0.25, 0.3) is 5.56 Å². The van der Waals surface area contributed by atoms with E-state index in [4.69, 9.17) is 0 Å². The largest absolute Gasteiger partial charge is 0.508 e. The highest BCUT2D eigenvalue weighted by Crippen LogP contribution is 2.23. The van der Waals surface area contributed by atoms with E-state index in [1.54, 1.807) is 18.2 Å². The molecule has 4 N–H and O–H groups in total. The molecule has 1 amide bonds. The molecule has 0 fully saturated rings. The number of hydrogen-bond donors (Lipinski definition) is 4. The standard InChI is InChI=1S/C19H16FN5O3S/c20-12-8-10(26)9-14-16(12)24-18(21-14)23-15(27)6-3-7-29-19-22-13-5-2-1-4-11(13)17(28)25-19/h1-2,4-5,8-9,26H,3,6-7H2,(H,22,25,28)(H2,21,23,24,27). The smallest absolute Gasteiger partial charge is 0.259 e. The number of fused-ring (bicyclic) bond motifs is 2.